The Labute approximate surface area is 142 Å². The van der Waals surface area contributed by atoms with Crippen LogP contribution in [0.1, 0.15) is 26.3 Å². The number of hydrogen-bond acceptors (Lipinski definition) is 2. The van der Waals surface area contributed by atoms with Gasteiger partial charge in [0, 0.05) is 22.8 Å². The van der Waals surface area contributed by atoms with Gasteiger partial charge in [-0.15, -0.1) is 0 Å². The third kappa shape index (κ3) is 3.61. The van der Waals surface area contributed by atoms with Crippen LogP contribution in [-0.4, -0.2) is 11.7 Å². The first-order valence-corrected chi connectivity index (χ1v) is 7.51. The van der Waals surface area contributed by atoms with Crippen LogP contribution < -0.4 is 5.32 Å². The zero-order valence-electron chi connectivity index (χ0n) is 13.0. The third-order valence-corrected chi connectivity index (χ3v) is 3.63. The largest absolute Gasteiger partial charge is 0.321 e. The summed E-state index contributed by atoms with van der Waals surface area (Å²) in [6.45, 7) is 0. The van der Waals surface area contributed by atoms with Crippen molar-refractivity contribution in [2.45, 2.75) is 0 Å². The van der Waals surface area contributed by atoms with Crippen LogP contribution in [0.15, 0.2) is 72.8 Å². The molecule has 1 N–H and O–H groups in total. The van der Waals surface area contributed by atoms with Crippen molar-refractivity contribution in [1.29, 1.82) is 0 Å². The number of anilines is 1. The van der Waals surface area contributed by atoms with Gasteiger partial charge in [-0.3, -0.25) is 9.59 Å². The van der Waals surface area contributed by atoms with Crippen molar-refractivity contribution in [2.75, 3.05) is 5.32 Å². The summed E-state index contributed by atoms with van der Waals surface area (Å²) in [5.74, 6) is -3.33. The molecule has 3 nitrogen and oxygen atoms in total. The standard InChI is InChI=1S/C20H13F2NO2/c21-16-11-15(19(24)13-7-3-1-4-8-13)18(12-17(16)22)23-20(25)14-9-5-2-6-10-14/h1-12H,(H,23,25). The number of hydrogen-bond donors (Lipinski definition) is 1. The predicted molar refractivity (Wildman–Crippen MR) is 90.6 cm³/mol. The summed E-state index contributed by atoms with van der Waals surface area (Å²) >= 11 is 0. The SMILES string of the molecule is O=C(Nc1cc(F)c(F)cc1C(=O)c1ccccc1)c1ccccc1. The maximum atomic E-state index is 13.7. The number of ketones is 1. The summed E-state index contributed by atoms with van der Waals surface area (Å²) in [6.07, 6.45) is 0. The fourth-order valence-corrected chi connectivity index (χ4v) is 2.37. The molecular formula is C20H13F2NO2. The molecule has 5 heteroatoms. The molecule has 0 aliphatic carbocycles. The molecule has 0 fully saturated rings. The van der Waals surface area contributed by atoms with Gasteiger partial charge in [0.05, 0.1) is 5.69 Å². The van der Waals surface area contributed by atoms with Gasteiger partial charge in [-0.1, -0.05) is 48.5 Å². The van der Waals surface area contributed by atoms with Crippen molar-refractivity contribution in [2.24, 2.45) is 0 Å². The highest BCUT2D eigenvalue weighted by molar-refractivity contribution is 6.15. The number of halogens is 2. The van der Waals surface area contributed by atoms with E-state index < -0.39 is 23.3 Å². The Hall–Kier alpha value is -3.34. The Morgan fingerprint density at radius 3 is 1.84 bits per heavy atom. The normalized spacial score (nSPS) is 10.3. The zero-order valence-corrected chi connectivity index (χ0v) is 13.0. The highest BCUT2D eigenvalue weighted by atomic mass is 19.2. The molecular weight excluding hydrogens is 324 g/mol. The van der Waals surface area contributed by atoms with Crippen LogP contribution in [0.3, 0.4) is 0 Å². The van der Waals surface area contributed by atoms with Gasteiger partial charge in [-0.2, -0.15) is 0 Å². The lowest BCUT2D eigenvalue weighted by Gasteiger charge is -2.11. The van der Waals surface area contributed by atoms with Gasteiger partial charge in [-0.25, -0.2) is 8.78 Å². The zero-order chi connectivity index (χ0) is 17.8. The average Bonchev–Trinajstić information content (AvgIpc) is 2.65. The van der Waals surface area contributed by atoms with Crippen LogP contribution >= 0.6 is 0 Å². The molecule has 1 amide bonds. The van der Waals surface area contributed by atoms with Crippen LogP contribution in [0.2, 0.25) is 0 Å². The van der Waals surface area contributed by atoms with E-state index in [9.17, 15) is 18.4 Å². The Morgan fingerprint density at radius 1 is 0.720 bits per heavy atom. The minimum Gasteiger partial charge on any atom is -0.321 e. The van der Waals surface area contributed by atoms with Crippen molar-refractivity contribution in [1.82, 2.24) is 0 Å². The van der Waals surface area contributed by atoms with Crippen molar-refractivity contribution in [3.05, 3.63) is 101 Å². The van der Waals surface area contributed by atoms with Crippen LogP contribution in [0.5, 0.6) is 0 Å². The van der Waals surface area contributed by atoms with Crippen molar-refractivity contribution < 1.29 is 18.4 Å². The second-order valence-electron chi connectivity index (χ2n) is 5.33. The fraction of sp³-hybridized carbons (Fsp3) is 0. The van der Waals surface area contributed by atoms with Crippen LogP contribution in [0.25, 0.3) is 0 Å². The van der Waals surface area contributed by atoms with E-state index in [1.54, 1.807) is 60.7 Å². The van der Waals surface area contributed by atoms with E-state index >= 15 is 0 Å². The van der Waals surface area contributed by atoms with Crippen LogP contribution in [0.4, 0.5) is 14.5 Å². The fourth-order valence-electron chi connectivity index (χ4n) is 2.37. The molecule has 0 unspecified atom stereocenters. The van der Waals surface area contributed by atoms with Crippen LogP contribution in [-0.2, 0) is 0 Å². The highest BCUT2D eigenvalue weighted by Gasteiger charge is 2.19. The van der Waals surface area contributed by atoms with Crippen LogP contribution in [0, 0.1) is 11.6 Å². The first kappa shape index (κ1) is 16.5. The monoisotopic (exact) mass is 337 g/mol. The van der Waals surface area contributed by atoms with Gasteiger partial charge in [0.1, 0.15) is 0 Å². The summed E-state index contributed by atoms with van der Waals surface area (Å²) in [4.78, 5) is 24.9. The Morgan fingerprint density at radius 2 is 1.24 bits per heavy atom. The molecule has 0 aliphatic heterocycles. The Kier molecular flexibility index (Phi) is 4.66. The van der Waals surface area contributed by atoms with Gasteiger partial charge in [0.25, 0.3) is 5.91 Å². The molecule has 3 aromatic carbocycles. The predicted octanol–water partition coefficient (Wildman–Crippen LogP) is 4.45. The molecule has 3 aromatic rings. The molecule has 0 spiro atoms. The average molecular weight is 337 g/mol. The van der Waals surface area contributed by atoms with E-state index in [2.05, 4.69) is 5.32 Å². The smallest absolute Gasteiger partial charge is 0.255 e. The van der Waals surface area contributed by atoms with E-state index in [1.807, 2.05) is 0 Å². The van der Waals surface area contributed by atoms with Crippen molar-refractivity contribution >= 4 is 17.4 Å². The van der Waals surface area contributed by atoms with Gasteiger partial charge < -0.3 is 5.32 Å². The summed E-state index contributed by atoms with van der Waals surface area (Å²) in [7, 11) is 0. The number of nitrogens with one attached hydrogen (secondary N) is 1. The van der Waals surface area contributed by atoms with Gasteiger partial charge in [0.2, 0.25) is 0 Å². The molecule has 0 saturated carbocycles. The number of benzene rings is 3. The summed E-state index contributed by atoms with van der Waals surface area (Å²) < 4.78 is 27.3. The summed E-state index contributed by atoms with van der Waals surface area (Å²) in [5.41, 5.74) is 0.449. The minimum atomic E-state index is -1.16. The number of carbonyl (C=O) groups is 2. The highest BCUT2D eigenvalue weighted by Crippen LogP contribution is 2.24. The van der Waals surface area contributed by atoms with Gasteiger partial charge in [-0.05, 0) is 18.2 Å². The lowest BCUT2D eigenvalue weighted by Crippen LogP contribution is -2.16. The van der Waals surface area contributed by atoms with E-state index in [0.717, 1.165) is 12.1 Å². The lowest BCUT2D eigenvalue weighted by molar-refractivity contribution is 0.102. The molecule has 0 aromatic heterocycles. The van der Waals surface area contributed by atoms with E-state index in [0.29, 0.717) is 11.1 Å². The van der Waals surface area contributed by atoms with E-state index in [4.69, 9.17) is 0 Å². The molecule has 0 bridgehead atoms. The second kappa shape index (κ2) is 7.05. The summed E-state index contributed by atoms with van der Waals surface area (Å²) in [6, 6.07) is 18.0. The topological polar surface area (TPSA) is 46.2 Å². The minimum absolute atomic E-state index is 0.0818. The number of rotatable bonds is 4. The lowest BCUT2D eigenvalue weighted by atomic mass is 10.0. The van der Waals surface area contributed by atoms with Crippen molar-refractivity contribution in [3.8, 4) is 0 Å². The first-order valence-electron chi connectivity index (χ1n) is 7.51. The van der Waals surface area contributed by atoms with Crippen molar-refractivity contribution in [3.63, 3.8) is 0 Å². The molecule has 3 rings (SSSR count). The maximum absolute atomic E-state index is 13.7. The molecule has 124 valence electrons. The first-order chi connectivity index (χ1) is 12.1. The molecule has 0 radical (unpaired) electrons. The second-order valence-corrected chi connectivity index (χ2v) is 5.33. The van der Waals surface area contributed by atoms with E-state index in [-0.39, 0.29) is 11.3 Å². The van der Waals surface area contributed by atoms with E-state index in [1.165, 1.54) is 0 Å². The van der Waals surface area contributed by atoms with Gasteiger partial charge in [0.15, 0.2) is 17.4 Å². The summed E-state index contributed by atoms with van der Waals surface area (Å²) in [5, 5.41) is 2.48. The molecule has 0 saturated heterocycles. The Bertz CT molecular complexity index is 925. The molecule has 0 heterocycles. The number of amides is 1. The number of carbonyl (C=O) groups excluding carboxylic acids is 2. The molecule has 0 atom stereocenters. The maximum Gasteiger partial charge on any atom is 0.255 e. The molecule has 0 aliphatic rings. The quantitative estimate of drug-likeness (QED) is 0.715. The Balaban J connectivity index is 2.00. The molecule has 25 heavy (non-hydrogen) atoms. The third-order valence-electron chi connectivity index (χ3n) is 3.63. The van der Waals surface area contributed by atoms with Gasteiger partial charge >= 0.3 is 0 Å².